The molecule has 9 heteroatoms. The highest BCUT2D eigenvalue weighted by molar-refractivity contribution is 7.21. The zero-order chi connectivity index (χ0) is 23.5. The topological polar surface area (TPSA) is 100 Å². The fourth-order valence-corrected chi connectivity index (χ4v) is 4.94. The van der Waals surface area contributed by atoms with Crippen molar-refractivity contribution in [3.63, 3.8) is 0 Å². The molecule has 2 aromatic heterocycles. The number of thiazole rings is 1. The summed E-state index contributed by atoms with van der Waals surface area (Å²) in [5.41, 5.74) is 3.70. The van der Waals surface area contributed by atoms with Gasteiger partial charge < -0.3 is 15.0 Å². The van der Waals surface area contributed by atoms with E-state index in [0.717, 1.165) is 20.8 Å². The fourth-order valence-electron chi connectivity index (χ4n) is 3.97. The lowest BCUT2D eigenvalue weighted by molar-refractivity contribution is -0.116. The van der Waals surface area contributed by atoms with Gasteiger partial charge in [0.1, 0.15) is 5.01 Å². The Morgan fingerprint density at radius 3 is 2.62 bits per heavy atom. The third kappa shape index (κ3) is 4.85. The first-order valence-corrected chi connectivity index (χ1v) is 12.1. The molecule has 5 rings (SSSR count). The van der Waals surface area contributed by atoms with E-state index in [4.69, 9.17) is 4.74 Å². The zero-order valence-corrected chi connectivity index (χ0v) is 19.7. The smallest absolute Gasteiger partial charge is 0.255 e. The average molecular weight is 476 g/mol. The highest BCUT2D eigenvalue weighted by atomic mass is 32.1. The first-order chi connectivity index (χ1) is 16.6. The van der Waals surface area contributed by atoms with Crippen molar-refractivity contribution in [3.8, 4) is 10.6 Å². The van der Waals surface area contributed by atoms with E-state index in [1.54, 1.807) is 11.3 Å². The Morgan fingerprint density at radius 2 is 1.88 bits per heavy atom. The van der Waals surface area contributed by atoms with Crippen LogP contribution in [0.4, 0.5) is 11.6 Å². The molecule has 8 nitrogen and oxygen atoms in total. The third-order valence-electron chi connectivity index (χ3n) is 5.83. The van der Waals surface area contributed by atoms with E-state index in [0.29, 0.717) is 55.6 Å². The SMILES string of the molecule is Cc1nc(N2CCOCC2)[nH]c(=O)c1CCC(=O)Nc1ccc(-c2nc3ccccc3s2)cc1. The van der Waals surface area contributed by atoms with Crippen molar-refractivity contribution in [2.24, 2.45) is 0 Å². The second kappa shape index (κ2) is 9.74. The molecule has 1 aliphatic heterocycles. The highest BCUT2D eigenvalue weighted by Crippen LogP contribution is 2.30. The summed E-state index contributed by atoms with van der Waals surface area (Å²) >= 11 is 1.64. The molecule has 2 aromatic carbocycles. The number of amides is 1. The fraction of sp³-hybridized carbons (Fsp3) is 0.280. The number of carbonyl (C=O) groups excluding carboxylic acids is 1. The molecule has 0 aliphatic carbocycles. The number of fused-ring (bicyclic) bond motifs is 1. The molecule has 1 saturated heterocycles. The third-order valence-corrected chi connectivity index (χ3v) is 6.92. The van der Waals surface area contributed by atoms with Gasteiger partial charge in [0.2, 0.25) is 11.9 Å². The predicted molar refractivity (Wildman–Crippen MR) is 135 cm³/mol. The number of aryl methyl sites for hydroxylation is 1. The Bertz CT molecular complexity index is 1340. The summed E-state index contributed by atoms with van der Waals surface area (Å²) in [5, 5.41) is 3.85. The molecular formula is C25H25N5O3S. The van der Waals surface area contributed by atoms with Crippen LogP contribution in [-0.4, -0.2) is 47.2 Å². The predicted octanol–water partition coefficient (Wildman–Crippen LogP) is 3.76. The number of morpholine rings is 1. The number of H-pyrrole nitrogens is 1. The lowest BCUT2D eigenvalue weighted by Gasteiger charge is -2.27. The van der Waals surface area contributed by atoms with Crippen LogP contribution in [0.15, 0.2) is 53.3 Å². The van der Waals surface area contributed by atoms with Gasteiger partial charge in [-0.05, 0) is 49.7 Å². The maximum absolute atomic E-state index is 12.6. The average Bonchev–Trinajstić information content (AvgIpc) is 3.29. The first kappa shape index (κ1) is 22.2. The van der Waals surface area contributed by atoms with Crippen molar-refractivity contribution >= 4 is 39.1 Å². The molecule has 4 aromatic rings. The number of nitrogens with one attached hydrogen (secondary N) is 2. The molecule has 34 heavy (non-hydrogen) atoms. The molecule has 1 aliphatic rings. The number of hydrogen-bond acceptors (Lipinski definition) is 7. The van der Waals surface area contributed by atoms with Gasteiger partial charge in [-0.25, -0.2) is 9.97 Å². The van der Waals surface area contributed by atoms with Gasteiger partial charge in [0.25, 0.3) is 5.56 Å². The van der Waals surface area contributed by atoms with Gasteiger partial charge in [-0.15, -0.1) is 11.3 Å². The Kier molecular flexibility index (Phi) is 6.37. The van der Waals surface area contributed by atoms with E-state index < -0.39 is 0 Å². The minimum atomic E-state index is -0.193. The minimum Gasteiger partial charge on any atom is -0.378 e. The van der Waals surface area contributed by atoms with Gasteiger partial charge in [-0.3, -0.25) is 14.6 Å². The lowest BCUT2D eigenvalue weighted by atomic mass is 10.1. The van der Waals surface area contributed by atoms with Gasteiger partial charge in [0.05, 0.1) is 23.4 Å². The summed E-state index contributed by atoms with van der Waals surface area (Å²) in [4.78, 5) is 39.2. The Labute approximate surface area is 200 Å². The van der Waals surface area contributed by atoms with Crippen LogP contribution >= 0.6 is 11.3 Å². The number of aromatic nitrogens is 3. The molecule has 0 unspecified atom stereocenters. The molecule has 0 saturated carbocycles. The number of hydrogen-bond donors (Lipinski definition) is 2. The van der Waals surface area contributed by atoms with Crippen LogP contribution in [0.3, 0.4) is 0 Å². The van der Waals surface area contributed by atoms with Crippen LogP contribution in [0, 0.1) is 6.92 Å². The number of ether oxygens (including phenoxy) is 1. The number of para-hydroxylation sites is 1. The van der Waals surface area contributed by atoms with Crippen molar-refractivity contribution in [1.29, 1.82) is 0 Å². The number of rotatable bonds is 6. The molecule has 2 N–H and O–H groups in total. The van der Waals surface area contributed by atoms with Crippen LogP contribution in [-0.2, 0) is 16.0 Å². The van der Waals surface area contributed by atoms with Crippen LogP contribution in [0.2, 0.25) is 0 Å². The summed E-state index contributed by atoms with van der Waals surface area (Å²) in [6.07, 6.45) is 0.523. The zero-order valence-electron chi connectivity index (χ0n) is 18.8. The molecule has 1 fully saturated rings. The summed E-state index contributed by atoms with van der Waals surface area (Å²) in [6, 6.07) is 15.7. The largest absolute Gasteiger partial charge is 0.378 e. The van der Waals surface area contributed by atoms with Crippen LogP contribution in [0.25, 0.3) is 20.8 Å². The van der Waals surface area contributed by atoms with Gasteiger partial charge in [0.15, 0.2) is 0 Å². The number of anilines is 2. The van der Waals surface area contributed by atoms with Crippen molar-refractivity contribution < 1.29 is 9.53 Å². The number of aromatic amines is 1. The van der Waals surface area contributed by atoms with E-state index in [1.165, 1.54) is 0 Å². The van der Waals surface area contributed by atoms with E-state index in [1.807, 2.05) is 54.3 Å². The summed E-state index contributed by atoms with van der Waals surface area (Å²) in [6.45, 7) is 4.44. The van der Waals surface area contributed by atoms with Crippen LogP contribution < -0.4 is 15.8 Å². The maximum atomic E-state index is 12.6. The number of carbonyl (C=O) groups is 1. The van der Waals surface area contributed by atoms with E-state index in [2.05, 4.69) is 26.3 Å². The van der Waals surface area contributed by atoms with Crippen LogP contribution in [0.1, 0.15) is 17.7 Å². The summed E-state index contributed by atoms with van der Waals surface area (Å²) in [7, 11) is 0. The Hall–Kier alpha value is -3.56. The van der Waals surface area contributed by atoms with E-state index >= 15 is 0 Å². The quantitative estimate of drug-likeness (QED) is 0.440. The molecule has 0 bridgehead atoms. The Balaban J connectivity index is 1.20. The summed E-state index contributed by atoms with van der Waals surface area (Å²) < 4.78 is 6.50. The number of benzene rings is 2. The van der Waals surface area contributed by atoms with E-state index in [-0.39, 0.29) is 17.9 Å². The van der Waals surface area contributed by atoms with Crippen LogP contribution in [0.5, 0.6) is 0 Å². The second-order valence-corrected chi connectivity index (χ2v) is 9.20. The monoisotopic (exact) mass is 475 g/mol. The number of nitrogens with zero attached hydrogens (tertiary/aromatic N) is 3. The maximum Gasteiger partial charge on any atom is 0.255 e. The summed E-state index contributed by atoms with van der Waals surface area (Å²) in [5.74, 6) is 0.413. The normalized spacial score (nSPS) is 13.9. The standard InChI is InChI=1S/C25H25N5O3S/c1-16-19(23(32)29-25(26-16)30-12-14-33-15-13-30)10-11-22(31)27-18-8-6-17(7-9-18)24-28-20-4-2-3-5-21(20)34-24/h2-9H,10-15H2,1H3,(H,27,31)(H,26,29,32). The van der Waals surface area contributed by atoms with Crippen molar-refractivity contribution in [3.05, 3.63) is 70.1 Å². The molecular weight excluding hydrogens is 450 g/mol. The minimum absolute atomic E-state index is 0.149. The van der Waals surface area contributed by atoms with Crippen molar-refractivity contribution in [1.82, 2.24) is 15.0 Å². The Morgan fingerprint density at radius 1 is 1.12 bits per heavy atom. The first-order valence-electron chi connectivity index (χ1n) is 11.3. The van der Waals surface area contributed by atoms with Gasteiger partial charge in [0, 0.05) is 42.0 Å². The van der Waals surface area contributed by atoms with E-state index in [9.17, 15) is 9.59 Å². The van der Waals surface area contributed by atoms with Gasteiger partial charge >= 0.3 is 0 Å². The lowest BCUT2D eigenvalue weighted by Crippen LogP contribution is -2.38. The van der Waals surface area contributed by atoms with Gasteiger partial charge in [-0.2, -0.15) is 0 Å². The van der Waals surface area contributed by atoms with Crippen molar-refractivity contribution in [2.75, 3.05) is 36.5 Å². The molecule has 0 spiro atoms. The molecule has 174 valence electrons. The highest BCUT2D eigenvalue weighted by Gasteiger charge is 2.17. The molecule has 3 heterocycles. The molecule has 1 amide bonds. The van der Waals surface area contributed by atoms with Crippen molar-refractivity contribution in [2.45, 2.75) is 19.8 Å². The second-order valence-electron chi connectivity index (χ2n) is 8.17. The molecule has 0 radical (unpaired) electrons. The van der Waals surface area contributed by atoms with Gasteiger partial charge in [-0.1, -0.05) is 12.1 Å². The molecule has 0 atom stereocenters.